The summed E-state index contributed by atoms with van der Waals surface area (Å²) < 4.78 is 18.4. The lowest BCUT2D eigenvalue weighted by atomic mass is 10.0. The monoisotopic (exact) mass is 281 g/mol. The van der Waals surface area contributed by atoms with E-state index in [0.29, 0.717) is 6.54 Å². The summed E-state index contributed by atoms with van der Waals surface area (Å²) in [4.78, 5) is 0. The fourth-order valence-corrected chi connectivity index (χ4v) is 2.41. The van der Waals surface area contributed by atoms with E-state index < -0.39 is 0 Å². The molecule has 3 heteroatoms. The molecule has 0 fully saturated rings. The zero-order chi connectivity index (χ0) is 14.7. The molecule has 0 aliphatic rings. The number of hydrogen-bond donors (Lipinski definition) is 1. The van der Waals surface area contributed by atoms with Gasteiger partial charge >= 0.3 is 0 Å². The number of methoxy groups -OCH3 is 1. The van der Waals surface area contributed by atoms with Crippen LogP contribution in [0.2, 0.25) is 0 Å². The summed E-state index contributed by atoms with van der Waals surface area (Å²) in [6, 6.07) is 19.3. The predicted molar refractivity (Wildman–Crippen MR) is 84.2 cm³/mol. The highest BCUT2D eigenvalue weighted by Crippen LogP contribution is 2.23. The maximum absolute atomic E-state index is 13.4. The largest absolute Gasteiger partial charge is 0.494 e. The van der Waals surface area contributed by atoms with Crippen molar-refractivity contribution in [2.45, 2.75) is 6.54 Å². The molecule has 0 heterocycles. The fourth-order valence-electron chi connectivity index (χ4n) is 2.41. The average Bonchev–Trinajstić information content (AvgIpc) is 2.54. The molecule has 3 aromatic rings. The molecule has 3 aromatic carbocycles. The van der Waals surface area contributed by atoms with E-state index in [1.165, 1.54) is 29.5 Å². The summed E-state index contributed by atoms with van der Waals surface area (Å²) in [6.07, 6.45) is 0. The van der Waals surface area contributed by atoms with Crippen LogP contribution in [-0.4, -0.2) is 7.11 Å². The highest BCUT2D eigenvalue weighted by Gasteiger charge is 2.04. The molecule has 1 N–H and O–H groups in total. The molecule has 0 aliphatic carbocycles. The third-order valence-corrected chi connectivity index (χ3v) is 3.51. The van der Waals surface area contributed by atoms with Gasteiger partial charge in [-0.3, -0.25) is 0 Å². The van der Waals surface area contributed by atoms with Gasteiger partial charge in [0.2, 0.25) is 0 Å². The van der Waals surface area contributed by atoms with E-state index in [9.17, 15) is 4.39 Å². The highest BCUT2D eigenvalue weighted by molar-refractivity contribution is 5.85. The van der Waals surface area contributed by atoms with Crippen molar-refractivity contribution in [3.8, 4) is 5.75 Å². The SMILES string of the molecule is COc1cc(NCc2cccc3ccccc23)ccc1F. The van der Waals surface area contributed by atoms with Gasteiger partial charge in [0.15, 0.2) is 11.6 Å². The summed E-state index contributed by atoms with van der Waals surface area (Å²) >= 11 is 0. The van der Waals surface area contributed by atoms with E-state index in [4.69, 9.17) is 4.74 Å². The molecule has 106 valence electrons. The summed E-state index contributed by atoms with van der Waals surface area (Å²) in [5.74, 6) is -0.105. The first kappa shape index (κ1) is 13.4. The van der Waals surface area contributed by atoms with E-state index in [0.717, 1.165) is 5.69 Å². The Labute approximate surface area is 123 Å². The minimum atomic E-state index is -0.354. The second-order valence-corrected chi connectivity index (χ2v) is 4.84. The molecule has 0 aromatic heterocycles. The Morgan fingerprint density at radius 3 is 2.67 bits per heavy atom. The van der Waals surface area contributed by atoms with Crippen molar-refractivity contribution in [3.63, 3.8) is 0 Å². The van der Waals surface area contributed by atoms with Gasteiger partial charge in [-0.15, -0.1) is 0 Å². The first-order valence-electron chi connectivity index (χ1n) is 6.82. The summed E-state index contributed by atoms with van der Waals surface area (Å²) in [5, 5.41) is 5.75. The van der Waals surface area contributed by atoms with Crippen molar-refractivity contribution in [2.24, 2.45) is 0 Å². The Morgan fingerprint density at radius 1 is 1.00 bits per heavy atom. The predicted octanol–water partition coefficient (Wildman–Crippen LogP) is 4.60. The standard InChI is InChI=1S/C18H16FNO/c1-21-18-11-15(9-10-17(18)19)20-12-14-7-4-6-13-5-2-3-8-16(13)14/h2-11,20H,12H2,1H3. The molecule has 0 bridgehead atoms. The van der Waals surface area contributed by atoms with Crippen molar-refractivity contribution < 1.29 is 9.13 Å². The number of benzene rings is 3. The lowest BCUT2D eigenvalue weighted by Crippen LogP contribution is -2.01. The van der Waals surface area contributed by atoms with Crippen LogP contribution in [0.1, 0.15) is 5.56 Å². The first-order chi connectivity index (χ1) is 10.3. The van der Waals surface area contributed by atoms with Crippen molar-refractivity contribution in [1.29, 1.82) is 0 Å². The van der Waals surface area contributed by atoms with Gasteiger partial charge in [-0.05, 0) is 28.5 Å². The lowest BCUT2D eigenvalue weighted by Gasteiger charge is -2.11. The van der Waals surface area contributed by atoms with Crippen LogP contribution in [0.4, 0.5) is 10.1 Å². The number of halogens is 1. The normalized spacial score (nSPS) is 10.6. The Kier molecular flexibility index (Phi) is 3.73. The molecule has 0 saturated heterocycles. The van der Waals surface area contributed by atoms with Crippen molar-refractivity contribution in [1.82, 2.24) is 0 Å². The minimum Gasteiger partial charge on any atom is -0.494 e. The Bertz CT molecular complexity index is 765. The van der Waals surface area contributed by atoms with E-state index in [1.54, 1.807) is 12.1 Å². The molecule has 0 spiro atoms. The quantitative estimate of drug-likeness (QED) is 0.754. The van der Waals surface area contributed by atoms with Gasteiger partial charge in [-0.25, -0.2) is 4.39 Å². The van der Waals surface area contributed by atoms with Gasteiger partial charge in [0.05, 0.1) is 7.11 Å². The number of fused-ring (bicyclic) bond motifs is 1. The zero-order valence-electron chi connectivity index (χ0n) is 11.8. The molecule has 0 radical (unpaired) electrons. The van der Waals surface area contributed by atoms with Gasteiger partial charge in [0, 0.05) is 18.3 Å². The van der Waals surface area contributed by atoms with Crippen LogP contribution in [0.15, 0.2) is 60.7 Å². The first-order valence-corrected chi connectivity index (χ1v) is 6.82. The third-order valence-electron chi connectivity index (χ3n) is 3.51. The topological polar surface area (TPSA) is 21.3 Å². The van der Waals surface area contributed by atoms with Gasteiger partial charge in [0.25, 0.3) is 0 Å². The second kappa shape index (κ2) is 5.83. The van der Waals surface area contributed by atoms with Crippen LogP contribution in [-0.2, 0) is 6.54 Å². The molecular formula is C18H16FNO. The molecule has 0 atom stereocenters. The van der Waals surface area contributed by atoms with Crippen molar-refractivity contribution in [2.75, 3.05) is 12.4 Å². The lowest BCUT2D eigenvalue weighted by molar-refractivity contribution is 0.387. The van der Waals surface area contributed by atoms with Crippen molar-refractivity contribution >= 4 is 16.5 Å². The Morgan fingerprint density at radius 2 is 1.81 bits per heavy atom. The summed E-state index contributed by atoms with van der Waals surface area (Å²) in [7, 11) is 1.47. The summed E-state index contributed by atoms with van der Waals surface area (Å²) in [5.41, 5.74) is 2.04. The molecule has 0 unspecified atom stereocenters. The maximum atomic E-state index is 13.4. The van der Waals surface area contributed by atoms with Gasteiger partial charge < -0.3 is 10.1 Å². The van der Waals surface area contributed by atoms with Crippen LogP contribution < -0.4 is 10.1 Å². The number of rotatable bonds is 4. The molecule has 0 saturated carbocycles. The van der Waals surface area contributed by atoms with E-state index in [2.05, 4.69) is 29.6 Å². The molecule has 0 aliphatic heterocycles. The van der Waals surface area contributed by atoms with Crippen LogP contribution in [0, 0.1) is 5.82 Å². The second-order valence-electron chi connectivity index (χ2n) is 4.84. The Balaban J connectivity index is 1.83. The molecule has 21 heavy (non-hydrogen) atoms. The van der Waals surface area contributed by atoms with Gasteiger partial charge in [0.1, 0.15) is 0 Å². The number of nitrogens with one attached hydrogen (secondary N) is 1. The smallest absolute Gasteiger partial charge is 0.165 e. The van der Waals surface area contributed by atoms with Crippen molar-refractivity contribution in [3.05, 3.63) is 72.0 Å². The fraction of sp³-hybridized carbons (Fsp3) is 0.111. The molecule has 2 nitrogen and oxygen atoms in total. The van der Waals surface area contributed by atoms with E-state index >= 15 is 0 Å². The third kappa shape index (κ3) is 2.82. The van der Waals surface area contributed by atoms with Crippen LogP contribution in [0.5, 0.6) is 5.75 Å². The molecular weight excluding hydrogens is 265 g/mol. The minimum absolute atomic E-state index is 0.248. The number of ether oxygens (including phenoxy) is 1. The summed E-state index contributed by atoms with van der Waals surface area (Å²) in [6.45, 7) is 0.677. The van der Waals surface area contributed by atoms with Gasteiger partial charge in [-0.1, -0.05) is 42.5 Å². The van der Waals surface area contributed by atoms with E-state index in [1.807, 2.05) is 18.2 Å². The average molecular weight is 281 g/mol. The van der Waals surface area contributed by atoms with Crippen LogP contribution in [0.3, 0.4) is 0 Å². The Hall–Kier alpha value is -2.55. The van der Waals surface area contributed by atoms with Crippen LogP contribution in [0.25, 0.3) is 10.8 Å². The molecule has 3 rings (SSSR count). The zero-order valence-corrected chi connectivity index (χ0v) is 11.8. The van der Waals surface area contributed by atoms with Gasteiger partial charge in [-0.2, -0.15) is 0 Å². The maximum Gasteiger partial charge on any atom is 0.165 e. The number of anilines is 1. The van der Waals surface area contributed by atoms with Crippen LogP contribution >= 0.6 is 0 Å². The molecule has 0 amide bonds. The number of hydrogen-bond acceptors (Lipinski definition) is 2. The van der Waals surface area contributed by atoms with E-state index in [-0.39, 0.29) is 11.6 Å². The highest BCUT2D eigenvalue weighted by atomic mass is 19.1.